The third-order valence-corrected chi connectivity index (χ3v) is 4.32. The number of nitrogens with zero attached hydrogens (tertiary/aromatic N) is 2. The summed E-state index contributed by atoms with van der Waals surface area (Å²) in [5.74, 6) is 0. The molecule has 0 radical (unpaired) electrons. The second-order valence-corrected chi connectivity index (χ2v) is 6.12. The van der Waals surface area contributed by atoms with Crippen LogP contribution in [0.1, 0.15) is 5.56 Å². The van der Waals surface area contributed by atoms with Crippen LogP contribution in [-0.2, 0) is 10.0 Å². The van der Waals surface area contributed by atoms with E-state index in [1.807, 2.05) is 6.07 Å². The Kier molecular flexibility index (Phi) is 4.31. The summed E-state index contributed by atoms with van der Waals surface area (Å²) < 4.78 is 27.2. The van der Waals surface area contributed by atoms with E-state index in [9.17, 15) is 8.42 Å². The summed E-state index contributed by atoms with van der Waals surface area (Å²) in [6, 6.07) is 7.79. The van der Waals surface area contributed by atoms with Crippen molar-refractivity contribution in [1.82, 2.24) is 4.98 Å². The van der Waals surface area contributed by atoms with Crippen LogP contribution < -0.4 is 10.0 Å². The Hall–Kier alpha value is -2.30. The van der Waals surface area contributed by atoms with Crippen LogP contribution in [0.25, 0.3) is 0 Å². The number of hydrogen-bond donors (Lipinski definition) is 2. The van der Waals surface area contributed by atoms with Gasteiger partial charge in [0.15, 0.2) is 0 Å². The zero-order chi connectivity index (χ0) is 15.5. The Labute approximate surface area is 127 Å². The lowest BCUT2D eigenvalue weighted by molar-refractivity contribution is 0.601. The molecular weight excluding hydrogens is 312 g/mol. The topological polar surface area (TPSA) is 94.9 Å². The van der Waals surface area contributed by atoms with E-state index >= 15 is 0 Å². The number of nitriles is 1. The van der Waals surface area contributed by atoms with Crippen molar-refractivity contribution in [1.29, 1.82) is 5.26 Å². The molecule has 21 heavy (non-hydrogen) atoms. The van der Waals surface area contributed by atoms with E-state index < -0.39 is 10.0 Å². The van der Waals surface area contributed by atoms with Crippen molar-refractivity contribution in [3.8, 4) is 6.07 Å². The van der Waals surface area contributed by atoms with Crippen molar-refractivity contribution in [3.05, 3.63) is 47.2 Å². The van der Waals surface area contributed by atoms with Crippen LogP contribution in [0.5, 0.6) is 0 Å². The lowest BCUT2D eigenvalue weighted by Crippen LogP contribution is -2.15. The molecule has 0 aliphatic heterocycles. The lowest BCUT2D eigenvalue weighted by atomic mass is 10.2. The van der Waals surface area contributed by atoms with Gasteiger partial charge in [0.25, 0.3) is 10.0 Å². The molecule has 0 fully saturated rings. The smallest absolute Gasteiger partial charge is 0.265 e. The van der Waals surface area contributed by atoms with Gasteiger partial charge in [0.2, 0.25) is 0 Å². The highest BCUT2D eigenvalue weighted by atomic mass is 35.5. The van der Waals surface area contributed by atoms with Gasteiger partial charge in [-0.05, 0) is 24.3 Å². The van der Waals surface area contributed by atoms with Crippen LogP contribution in [0.15, 0.2) is 41.6 Å². The highest BCUT2D eigenvalue weighted by Crippen LogP contribution is 2.26. The normalized spacial score (nSPS) is 10.7. The molecule has 2 aromatic rings. The molecule has 0 unspecified atom stereocenters. The quantitative estimate of drug-likeness (QED) is 0.901. The van der Waals surface area contributed by atoms with Crippen molar-refractivity contribution >= 4 is 33.0 Å². The summed E-state index contributed by atoms with van der Waals surface area (Å²) in [7, 11) is -2.28. The maximum Gasteiger partial charge on any atom is 0.265 e. The fourth-order valence-corrected chi connectivity index (χ4v) is 3.10. The molecule has 108 valence electrons. The third kappa shape index (κ3) is 3.24. The maximum atomic E-state index is 12.4. The van der Waals surface area contributed by atoms with E-state index in [2.05, 4.69) is 15.0 Å². The number of anilines is 2. The highest BCUT2D eigenvalue weighted by molar-refractivity contribution is 7.92. The maximum absolute atomic E-state index is 12.4. The molecule has 1 aromatic heterocycles. The second-order valence-electron chi connectivity index (χ2n) is 4.03. The first-order valence-corrected chi connectivity index (χ1v) is 7.68. The molecule has 2 N–H and O–H groups in total. The van der Waals surface area contributed by atoms with Gasteiger partial charge in [-0.15, -0.1) is 0 Å². The first-order valence-electron chi connectivity index (χ1n) is 5.82. The Morgan fingerprint density at radius 1 is 1.29 bits per heavy atom. The summed E-state index contributed by atoms with van der Waals surface area (Å²) >= 11 is 5.84. The standard InChI is InChI=1S/C13H11ClN4O2S/c1-16-11-4-5-17-8-13(11)21(19,20)18-12-6-10(14)3-2-9(12)7-15/h2-6,8,18H,1H3,(H,16,17). The number of rotatable bonds is 4. The zero-order valence-electron chi connectivity index (χ0n) is 11.0. The number of nitrogens with one attached hydrogen (secondary N) is 2. The SMILES string of the molecule is CNc1ccncc1S(=O)(=O)Nc1cc(Cl)ccc1C#N. The monoisotopic (exact) mass is 322 g/mol. The van der Waals surface area contributed by atoms with Crippen LogP contribution in [0, 0.1) is 11.3 Å². The van der Waals surface area contributed by atoms with Crippen molar-refractivity contribution in [2.45, 2.75) is 4.90 Å². The molecular formula is C13H11ClN4O2S. The fraction of sp³-hybridized carbons (Fsp3) is 0.0769. The summed E-state index contributed by atoms with van der Waals surface area (Å²) in [5.41, 5.74) is 0.701. The summed E-state index contributed by atoms with van der Waals surface area (Å²) in [4.78, 5) is 3.79. The largest absolute Gasteiger partial charge is 0.387 e. The number of pyridine rings is 1. The molecule has 1 heterocycles. The molecule has 0 saturated heterocycles. The second kappa shape index (κ2) is 5.99. The third-order valence-electron chi connectivity index (χ3n) is 2.69. The number of hydrogen-bond acceptors (Lipinski definition) is 5. The fourth-order valence-electron chi connectivity index (χ4n) is 1.70. The highest BCUT2D eigenvalue weighted by Gasteiger charge is 2.20. The Morgan fingerprint density at radius 3 is 2.71 bits per heavy atom. The van der Waals surface area contributed by atoms with Crippen LogP contribution in [0.4, 0.5) is 11.4 Å². The van der Waals surface area contributed by atoms with E-state index in [1.54, 1.807) is 7.05 Å². The van der Waals surface area contributed by atoms with Gasteiger partial charge in [0, 0.05) is 24.5 Å². The number of aromatic nitrogens is 1. The molecule has 0 aliphatic rings. The van der Waals surface area contributed by atoms with Gasteiger partial charge >= 0.3 is 0 Å². The molecule has 0 atom stereocenters. The first kappa shape index (κ1) is 15.1. The van der Waals surface area contributed by atoms with Crippen molar-refractivity contribution in [2.24, 2.45) is 0 Å². The van der Waals surface area contributed by atoms with Gasteiger partial charge in [-0.25, -0.2) is 8.42 Å². The van der Waals surface area contributed by atoms with Crippen LogP contribution >= 0.6 is 11.6 Å². The first-order chi connectivity index (χ1) is 9.97. The van der Waals surface area contributed by atoms with Crippen molar-refractivity contribution in [2.75, 3.05) is 17.1 Å². The molecule has 2 rings (SSSR count). The molecule has 0 bridgehead atoms. The van der Waals surface area contributed by atoms with Crippen molar-refractivity contribution < 1.29 is 8.42 Å². The van der Waals surface area contributed by atoms with Gasteiger partial charge < -0.3 is 5.32 Å². The molecule has 0 amide bonds. The van der Waals surface area contributed by atoms with Crippen LogP contribution in [-0.4, -0.2) is 20.4 Å². The van der Waals surface area contributed by atoms with Gasteiger partial charge in [0.05, 0.1) is 16.9 Å². The average molecular weight is 323 g/mol. The number of benzene rings is 1. The molecule has 1 aromatic carbocycles. The number of halogens is 1. The predicted octanol–water partition coefficient (Wildman–Crippen LogP) is 2.45. The molecule has 0 aliphatic carbocycles. The minimum atomic E-state index is -3.89. The average Bonchev–Trinajstić information content (AvgIpc) is 2.47. The van der Waals surface area contributed by atoms with Gasteiger partial charge in [-0.3, -0.25) is 9.71 Å². The Morgan fingerprint density at radius 2 is 2.05 bits per heavy atom. The minimum absolute atomic E-state index is 0.0173. The predicted molar refractivity (Wildman–Crippen MR) is 80.8 cm³/mol. The molecule has 0 saturated carbocycles. The molecule has 6 nitrogen and oxygen atoms in total. The van der Waals surface area contributed by atoms with E-state index in [0.29, 0.717) is 10.7 Å². The van der Waals surface area contributed by atoms with Gasteiger partial charge in [-0.2, -0.15) is 5.26 Å². The van der Waals surface area contributed by atoms with E-state index in [0.717, 1.165) is 0 Å². The van der Waals surface area contributed by atoms with E-state index in [-0.39, 0.29) is 16.1 Å². The van der Waals surface area contributed by atoms with Crippen molar-refractivity contribution in [3.63, 3.8) is 0 Å². The van der Waals surface area contributed by atoms with Crippen LogP contribution in [0.3, 0.4) is 0 Å². The Balaban J connectivity index is 2.48. The van der Waals surface area contributed by atoms with E-state index in [4.69, 9.17) is 16.9 Å². The number of sulfonamides is 1. The van der Waals surface area contributed by atoms with Gasteiger partial charge in [0.1, 0.15) is 11.0 Å². The van der Waals surface area contributed by atoms with E-state index in [1.165, 1.54) is 36.7 Å². The van der Waals surface area contributed by atoms with Gasteiger partial charge in [-0.1, -0.05) is 11.6 Å². The Bertz CT molecular complexity index is 815. The summed E-state index contributed by atoms with van der Waals surface area (Å²) in [6.45, 7) is 0. The minimum Gasteiger partial charge on any atom is -0.387 e. The summed E-state index contributed by atoms with van der Waals surface area (Å²) in [5, 5.41) is 12.1. The van der Waals surface area contributed by atoms with Crippen LogP contribution in [0.2, 0.25) is 5.02 Å². The zero-order valence-corrected chi connectivity index (χ0v) is 12.5. The lowest BCUT2D eigenvalue weighted by Gasteiger charge is -2.12. The molecule has 0 spiro atoms. The summed E-state index contributed by atoms with van der Waals surface area (Å²) in [6.07, 6.45) is 2.70. The molecule has 8 heteroatoms.